The molecular weight excluding hydrogens is 332 g/mol. The minimum absolute atomic E-state index is 0.0666. The number of ether oxygens (including phenoxy) is 1. The summed E-state index contributed by atoms with van der Waals surface area (Å²) >= 11 is 6.06. The summed E-state index contributed by atoms with van der Waals surface area (Å²) in [6, 6.07) is 8.24. The van der Waals surface area contributed by atoms with Crippen LogP contribution >= 0.6 is 11.6 Å². The molecule has 0 aliphatic carbocycles. The van der Waals surface area contributed by atoms with Crippen molar-refractivity contribution < 1.29 is 19.7 Å². The van der Waals surface area contributed by atoms with Crippen LogP contribution in [0.3, 0.4) is 0 Å². The van der Waals surface area contributed by atoms with E-state index < -0.39 is 5.97 Å². The molecule has 2 heterocycles. The zero-order valence-corrected chi connectivity index (χ0v) is 13.6. The van der Waals surface area contributed by atoms with Crippen molar-refractivity contribution >= 4 is 23.3 Å². The molecule has 0 spiro atoms. The molecule has 0 radical (unpaired) electrons. The Bertz CT molecular complexity index is 753. The van der Waals surface area contributed by atoms with Crippen molar-refractivity contribution in [2.75, 3.05) is 18.0 Å². The van der Waals surface area contributed by atoms with Gasteiger partial charge in [0.15, 0.2) is 0 Å². The predicted molar refractivity (Wildman–Crippen MR) is 89.8 cm³/mol. The third-order valence-electron chi connectivity index (χ3n) is 3.99. The summed E-state index contributed by atoms with van der Waals surface area (Å²) in [6.07, 6.45) is 2.35. The van der Waals surface area contributed by atoms with Gasteiger partial charge >= 0.3 is 5.97 Å². The van der Waals surface area contributed by atoms with E-state index in [-0.39, 0.29) is 18.3 Å². The van der Waals surface area contributed by atoms with Crippen LogP contribution < -0.4 is 9.64 Å². The maximum absolute atomic E-state index is 11.1. The molecule has 1 aromatic carbocycles. The highest BCUT2D eigenvalue weighted by Crippen LogP contribution is 2.29. The number of carbonyl (C=O) groups is 1. The van der Waals surface area contributed by atoms with Gasteiger partial charge in [0.1, 0.15) is 11.1 Å². The van der Waals surface area contributed by atoms with E-state index in [1.165, 1.54) is 6.07 Å². The lowest BCUT2D eigenvalue weighted by Crippen LogP contribution is -2.25. The maximum atomic E-state index is 11.1. The first-order chi connectivity index (χ1) is 11.6. The minimum Gasteiger partial charge on any atom is -0.478 e. The third-order valence-corrected chi connectivity index (χ3v) is 4.27. The van der Waals surface area contributed by atoms with E-state index in [9.17, 15) is 9.90 Å². The average Bonchev–Trinajstić information content (AvgIpc) is 3.04. The summed E-state index contributed by atoms with van der Waals surface area (Å²) in [6.45, 7) is 1.14. The fourth-order valence-electron chi connectivity index (χ4n) is 2.81. The molecule has 1 saturated heterocycles. The predicted octanol–water partition coefficient (Wildman–Crippen LogP) is 2.58. The molecule has 126 valence electrons. The monoisotopic (exact) mass is 348 g/mol. The molecule has 3 rings (SSSR count). The molecule has 0 unspecified atom stereocenters. The van der Waals surface area contributed by atoms with Gasteiger partial charge in [-0.3, -0.25) is 0 Å². The zero-order chi connectivity index (χ0) is 17.1. The number of anilines is 1. The lowest BCUT2D eigenvalue weighted by atomic mass is 10.1. The number of benzene rings is 1. The molecule has 2 aromatic rings. The van der Waals surface area contributed by atoms with Gasteiger partial charge in [0, 0.05) is 30.4 Å². The fourth-order valence-corrected chi connectivity index (χ4v) is 2.98. The first-order valence-electron chi connectivity index (χ1n) is 7.57. The quantitative estimate of drug-likeness (QED) is 0.864. The Hall–Kier alpha value is -2.31. The Balaban J connectivity index is 1.74. The molecular formula is C17H17ClN2O4. The lowest BCUT2D eigenvalue weighted by molar-refractivity contribution is 0.0696. The highest BCUT2D eigenvalue weighted by atomic mass is 35.5. The second-order valence-corrected chi connectivity index (χ2v) is 5.98. The van der Waals surface area contributed by atoms with Crippen LogP contribution in [0.2, 0.25) is 5.02 Å². The molecule has 0 saturated carbocycles. The number of hydrogen-bond acceptors (Lipinski definition) is 5. The molecule has 1 fully saturated rings. The SMILES string of the molecule is O=C(O)c1ccc(N2CC[C@H](Oc3ncccc3Cl)C2)c(CO)c1. The number of aromatic nitrogens is 1. The van der Waals surface area contributed by atoms with Crippen LogP contribution in [0.4, 0.5) is 5.69 Å². The zero-order valence-electron chi connectivity index (χ0n) is 12.9. The molecule has 1 aromatic heterocycles. The van der Waals surface area contributed by atoms with Crippen LogP contribution in [0.5, 0.6) is 5.88 Å². The van der Waals surface area contributed by atoms with Gasteiger partial charge in [0.05, 0.1) is 18.7 Å². The molecule has 0 amide bonds. The summed E-state index contributed by atoms with van der Waals surface area (Å²) in [5.74, 6) is -0.599. The largest absolute Gasteiger partial charge is 0.478 e. The number of halogens is 1. The van der Waals surface area contributed by atoms with Crippen LogP contribution in [-0.4, -0.2) is 40.4 Å². The number of rotatable bonds is 5. The van der Waals surface area contributed by atoms with E-state index in [1.54, 1.807) is 30.5 Å². The Morgan fingerprint density at radius 2 is 2.25 bits per heavy atom. The van der Waals surface area contributed by atoms with Gasteiger partial charge in [0.2, 0.25) is 5.88 Å². The molecule has 0 bridgehead atoms. The van der Waals surface area contributed by atoms with Crippen LogP contribution in [0, 0.1) is 0 Å². The van der Waals surface area contributed by atoms with E-state index >= 15 is 0 Å². The van der Waals surface area contributed by atoms with Crippen molar-refractivity contribution in [2.45, 2.75) is 19.1 Å². The number of aromatic carboxylic acids is 1. The van der Waals surface area contributed by atoms with Gasteiger partial charge in [-0.05, 0) is 30.3 Å². The number of aliphatic hydroxyl groups excluding tert-OH is 1. The minimum atomic E-state index is -1.01. The van der Waals surface area contributed by atoms with Crippen LogP contribution in [-0.2, 0) is 6.61 Å². The molecule has 7 heteroatoms. The summed E-state index contributed by atoms with van der Waals surface area (Å²) < 4.78 is 5.85. The van der Waals surface area contributed by atoms with Gasteiger partial charge in [-0.1, -0.05) is 11.6 Å². The van der Waals surface area contributed by atoms with E-state index in [1.807, 2.05) is 0 Å². The highest BCUT2D eigenvalue weighted by molar-refractivity contribution is 6.31. The number of carboxylic acid groups (broad SMARTS) is 1. The van der Waals surface area contributed by atoms with Crippen molar-refractivity contribution in [3.8, 4) is 5.88 Å². The van der Waals surface area contributed by atoms with Gasteiger partial charge in [-0.25, -0.2) is 9.78 Å². The summed E-state index contributed by atoms with van der Waals surface area (Å²) in [4.78, 5) is 17.2. The van der Waals surface area contributed by atoms with Crippen molar-refractivity contribution in [3.05, 3.63) is 52.7 Å². The number of hydrogen-bond donors (Lipinski definition) is 2. The van der Waals surface area contributed by atoms with Crippen molar-refractivity contribution in [3.63, 3.8) is 0 Å². The second kappa shape index (κ2) is 7.07. The van der Waals surface area contributed by atoms with Crippen molar-refractivity contribution in [1.29, 1.82) is 0 Å². The van der Waals surface area contributed by atoms with Gasteiger partial charge < -0.3 is 19.8 Å². The third kappa shape index (κ3) is 3.44. The molecule has 24 heavy (non-hydrogen) atoms. The number of carboxylic acids is 1. The van der Waals surface area contributed by atoms with Gasteiger partial charge in [-0.15, -0.1) is 0 Å². The molecule has 2 N–H and O–H groups in total. The average molecular weight is 349 g/mol. The topological polar surface area (TPSA) is 82.9 Å². The Labute approximate surface area is 144 Å². The van der Waals surface area contributed by atoms with E-state index in [4.69, 9.17) is 21.4 Å². The number of nitrogens with zero attached hydrogens (tertiary/aromatic N) is 2. The summed E-state index contributed by atoms with van der Waals surface area (Å²) in [7, 11) is 0. The van der Waals surface area contributed by atoms with Crippen molar-refractivity contribution in [1.82, 2.24) is 4.98 Å². The van der Waals surface area contributed by atoms with Gasteiger partial charge in [0.25, 0.3) is 0 Å². The Kier molecular flexibility index (Phi) is 4.87. The van der Waals surface area contributed by atoms with Crippen LogP contribution in [0.1, 0.15) is 22.3 Å². The van der Waals surface area contributed by atoms with E-state index in [0.29, 0.717) is 23.0 Å². The molecule has 1 atom stereocenters. The normalized spacial score (nSPS) is 17.1. The van der Waals surface area contributed by atoms with Crippen molar-refractivity contribution in [2.24, 2.45) is 0 Å². The standard InChI is InChI=1S/C17H17ClN2O4/c18-14-2-1-6-19-16(14)24-13-5-7-20(9-13)15-4-3-11(17(22)23)8-12(15)10-21/h1-4,6,8,13,21H,5,7,9-10H2,(H,22,23)/t13-/m0/s1. The smallest absolute Gasteiger partial charge is 0.335 e. The molecule has 1 aliphatic heterocycles. The maximum Gasteiger partial charge on any atom is 0.335 e. The molecule has 1 aliphatic rings. The fraction of sp³-hybridized carbons (Fsp3) is 0.294. The Morgan fingerprint density at radius 1 is 1.42 bits per heavy atom. The first-order valence-corrected chi connectivity index (χ1v) is 7.95. The lowest BCUT2D eigenvalue weighted by Gasteiger charge is -2.22. The summed E-state index contributed by atoms with van der Waals surface area (Å²) in [5.41, 5.74) is 1.57. The first kappa shape index (κ1) is 16.5. The second-order valence-electron chi connectivity index (χ2n) is 5.57. The highest BCUT2D eigenvalue weighted by Gasteiger charge is 2.26. The van der Waals surface area contributed by atoms with Crippen LogP contribution in [0.15, 0.2) is 36.5 Å². The number of pyridine rings is 1. The van der Waals surface area contributed by atoms with Crippen LogP contribution in [0.25, 0.3) is 0 Å². The van der Waals surface area contributed by atoms with Gasteiger partial charge in [-0.2, -0.15) is 0 Å². The number of aliphatic hydroxyl groups is 1. The molecule has 6 nitrogen and oxygen atoms in total. The van der Waals surface area contributed by atoms with E-state index in [2.05, 4.69) is 9.88 Å². The van der Waals surface area contributed by atoms with E-state index in [0.717, 1.165) is 18.7 Å². The summed E-state index contributed by atoms with van der Waals surface area (Å²) in [5, 5.41) is 19.1. The Morgan fingerprint density at radius 3 is 2.96 bits per heavy atom.